The molecule has 144 valence electrons. The second-order valence-corrected chi connectivity index (χ2v) is 7.67. The molecule has 0 fully saturated rings. The van der Waals surface area contributed by atoms with Gasteiger partial charge in [0.25, 0.3) is 0 Å². The number of allylic oxidation sites excluding steroid dienone is 4. The lowest BCUT2D eigenvalue weighted by Gasteiger charge is -2.29. The summed E-state index contributed by atoms with van der Waals surface area (Å²) >= 11 is 0. The molecule has 0 saturated heterocycles. The number of para-hydroxylation sites is 2. The van der Waals surface area contributed by atoms with Gasteiger partial charge >= 0.3 is 0 Å². The van der Waals surface area contributed by atoms with Crippen molar-refractivity contribution in [3.8, 4) is 0 Å². The zero-order valence-electron chi connectivity index (χ0n) is 16.5. The van der Waals surface area contributed by atoms with Crippen molar-refractivity contribution >= 4 is 38.4 Å². The molecule has 5 heteroatoms. The van der Waals surface area contributed by atoms with Gasteiger partial charge in [-0.2, -0.15) is 0 Å². The Bertz CT molecular complexity index is 1420. The third-order valence-corrected chi connectivity index (χ3v) is 6.09. The highest BCUT2D eigenvalue weighted by Crippen LogP contribution is 2.41. The van der Waals surface area contributed by atoms with Crippen molar-refractivity contribution in [1.29, 1.82) is 0 Å². The summed E-state index contributed by atoms with van der Waals surface area (Å²) in [5.41, 5.74) is 5.25. The SMILES string of the molecule is CC1C(c2ncnc3ncncc23)=CC=CC1n1c2ccccc2c2ccccc21. The first-order valence-electron chi connectivity index (χ1n) is 10.1. The van der Waals surface area contributed by atoms with Gasteiger partial charge in [0.1, 0.15) is 12.7 Å². The Hall–Kier alpha value is -3.86. The Morgan fingerprint density at radius 2 is 1.50 bits per heavy atom. The van der Waals surface area contributed by atoms with Gasteiger partial charge in [-0.1, -0.05) is 61.5 Å². The Morgan fingerprint density at radius 1 is 0.800 bits per heavy atom. The van der Waals surface area contributed by atoms with Crippen LogP contribution in [-0.4, -0.2) is 24.5 Å². The van der Waals surface area contributed by atoms with E-state index in [2.05, 4.69) is 98.2 Å². The normalized spacial score (nSPS) is 18.9. The first-order chi connectivity index (χ1) is 14.8. The number of hydrogen-bond donors (Lipinski definition) is 0. The van der Waals surface area contributed by atoms with Crippen molar-refractivity contribution in [3.05, 3.63) is 91.3 Å². The summed E-state index contributed by atoms with van der Waals surface area (Å²) in [7, 11) is 0. The van der Waals surface area contributed by atoms with Gasteiger partial charge in [-0.3, -0.25) is 0 Å². The average Bonchev–Trinajstić information content (AvgIpc) is 3.13. The third-order valence-electron chi connectivity index (χ3n) is 6.09. The van der Waals surface area contributed by atoms with E-state index in [-0.39, 0.29) is 12.0 Å². The van der Waals surface area contributed by atoms with Gasteiger partial charge in [0, 0.05) is 33.9 Å². The molecule has 5 nitrogen and oxygen atoms in total. The lowest BCUT2D eigenvalue weighted by atomic mass is 9.85. The molecular formula is C25H19N5. The molecule has 3 heterocycles. The van der Waals surface area contributed by atoms with E-state index in [0.717, 1.165) is 11.1 Å². The van der Waals surface area contributed by atoms with E-state index in [4.69, 9.17) is 0 Å². The van der Waals surface area contributed by atoms with Crippen LogP contribution >= 0.6 is 0 Å². The molecule has 0 radical (unpaired) electrons. The highest BCUT2D eigenvalue weighted by Gasteiger charge is 2.28. The zero-order valence-corrected chi connectivity index (χ0v) is 16.5. The van der Waals surface area contributed by atoms with Crippen molar-refractivity contribution in [1.82, 2.24) is 24.5 Å². The third kappa shape index (κ3) is 2.42. The molecule has 30 heavy (non-hydrogen) atoms. The summed E-state index contributed by atoms with van der Waals surface area (Å²) in [6.45, 7) is 2.27. The minimum Gasteiger partial charge on any atom is -0.333 e. The smallest absolute Gasteiger partial charge is 0.166 e. The van der Waals surface area contributed by atoms with Gasteiger partial charge in [-0.15, -0.1) is 0 Å². The first kappa shape index (κ1) is 17.0. The van der Waals surface area contributed by atoms with Gasteiger partial charge in [-0.25, -0.2) is 19.9 Å². The Morgan fingerprint density at radius 3 is 2.27 bits per heavy atom. The maximum absolute atomic E-state index is 4.62. The van der Waals surface area contributed by atoms with Gasteiger partial charge in [0.15, 0.2) is 5.65 Å². The molecule has 5 aromatic rings. The van der Waals surface area contributed by atoms with Crippen LogP contribution in [0.5, 0.6) is 0 Å². The fraction of sp³-hybridized carbons (Fsp3) is 0.120. The van der Waals surface area contributed by atoms with Crippen LogP contribution in [0.15, 0.2) is 85.6 Å². The van der Waals surface area contributed by atoms with E-state index in [1.807, 2.05) is 0 Å². The number of fused-ring (bicyclic) bond motifs is 4. The molecule has 0 amide bonds. The summed E-state index contributed by atoms with van der Waals surface area (Å²) in [5, 5.41) is 3.45. The maximum Gasteiger partial charge on any atom is 0.166 e. The summed E-state index contributed by atoms with van der Waals surface area (Å²) in [6.07, 6.45) is 11.5. The predicted octanol–water partition coefficient (Wildman–Crippen LogP) is 5.36. The molecule has 1 aliphatic carbocycles. The molecule has 0 saturated carbocycles. The van der Waals surface area contributed by atoms with E-state index in [9.17, 15) is 0 Å². The Labute approximate surface area is 173 Å². The highest BCUT2D eigenvalue weighted by atomic mass is 15.0. The molecule has 2 atom stereocenters. The number of aromatic nitrogens is 5. The van der Waals surface area contributed by atoms with E-state index >= 15 is 0 Å². The Balaban J connectivity index is 1.55. The fourth-order valence-electron chi connectivity index (χ4n) is 4.69. The zero-order chi connectivity index (χ0) is 20.1. The molecule has 3 aromatic heterocycles. The number of benzene rings is 2. The number of nitrogens with zero attached hydrogens (tertiary/aromatic N) is 5. The molecule has 0 bridgehead atoms. The molecule has 6 rings (SSSR count). The Kier molecular flexibility index (Phi) is 3.74. The topological polar surface area (TPSA) is 56.5 Å². The molecule has 0 spiro atoms. The molecule has 2 aromatic carbocycles. The van der Waals surface area contributed by atoms with E-state index in [1.54, 1.807) is 12.5 Å². The van der Waals surface area contributed by atoms with E-state index in [0.29, 0.717) is 5.65 Å². The largest absolute Gasteiger partial charge is 0.333 e. The van der Waals surface area contributed by atoms with Gasteiger partial charge in [-0.05, 0) is 17.7 Å². The molecular weight excluding hydrogens is 370 g/mol. The summed E-state index contributed by atoms with van der Waals surface area (Å²) < 4.78 is 2.46. The lowest BCUT2D eigenvalue weighted by Crippen LogP contribution is -2.19. The fourth-order valence-corrected chi connectivity index (χ4v) is 4.69. The van der Waals surface area contributed by atoms with E-state index < -0.39 is 0 Å². The monoisotopic (exact) mass is 389 g/mol. The minimum atomic E-state index is 0.171. The summed E-state index contributed by atoms with van der Waals surface area (Å²) in [4.78, 5) is 17.4. The molecule has 1 aliphatic rings. The van der Waals surface area contributed by atoms with Crippen molar-refractivity contribution in [3.63, 3.8) is 0 Å². The van der Waals surface area contributed by atoms with Crippen LogP contribution in [0, 0.1) is 5.92 Å². The summed E-state index contributed by atoms with van der Waals surface area (Å²) in [5.74, 6) is 0.215. The van der Waals surface area contributed by atoms with Crippen LogP contribution in [0.3, 0.4) is 0 Å². The number of hydrogen-bond acceptors (Lipinski definition) is 4. The average molecular weight is 389 g/mol. The van der Waals surface area contributed by atoms with Crippen LogP contribution < -0.4 is 0 Å². The number of rotatable bonds is 2. The summed E-state index contributed by atoms with van der Waals surface area (Å²) in [6, 6.07) is 17.4. The second-order valence-electron chi connectivity index (χ2n) is 7.67. The standard InChI is InChI=1S/C25H19N5/c1-16-17(24-20-13-26-14-28-25(20)29-15-27-24)9-6-12-21(16)30-22-10-4-2-7-18(22)19-8-3-5-11-23(19)30/h2-16,21H,1H3. The van der Waals surface area contributed by atoms with Gasteiger partial charge in [0.2, 0.25) is 0 Å². The quantitative estimate of drug-likeness (QED) is 0.408. The van der Waals surface area contributed by atoms with Crippen LogP contribution in [0.4, 0.5) is 0 Å². The van der Waals surface area contributed by atoms with Crippen LogP contribution in [0.25, 0.3) is 38.4 Å². The predicted molar refractivity (Wildman–Crippen MR) is 120 cm³/mol. The minimum absolute atomic E-state index is 0.171. The van der Waals surface area contributed by atoms with Crippen molar-refractivity contribution in [2.75, 3.05) is 0 Å². The van der Waals surface area contributed by atoms with Gasteiger partial charge < -0.3 is 4.57 Å². The maximum atomic E-state index is 4.62. The van der Waals surface area contributed by atoms with Crippen molar-refractivity contribution in [2.24, 2.45) is 5.92 Å². The van der Waals surface area contributed by atoms with Crippen LogP contribution in [0.2, 0.25) is 0 Å². The van der Waals surface area contributed by atoms with E-state index in [1.165, 1.54) is 33.7 Å². The second kappa shape index (κ2) is 6.59. The molecule has 0 aliphatic heterocycles. The first-order valence-corrected chi connectivity index (χ1v) is 10.1. The molecule has 2 unspecified atom stereocenters. The van der Waals surface area contributed by atoms with Gasteiger partial charge in [0.05, 0.1) is 17.1 Å². The lowest BCUT2D eigenvalue weighted by molar-refractivity contribution is 0.522. The highest BCUT2D eigenvalue weighted by molar-refractivity contribution is 6.08. The van der Waals surface area contributed by atoms with Crippen molar-refractivity contribution in [2.45, 2.75) is 13.0 Å². The van der Waals surface area contributed by atoms with Crippen LogP contribution in [0.1, 0.15) is 18.7 Å². The van der Waals surface area contributed by atoms with Crippen molar-refractivity contribution < 1.29 is 0 Å². The molecule has 0 N–H and O–H groups in total. The van der Waals surface area contributed by atoms with Crippen LogP contribution in [-0.2, 0) is 0 Å².